The van der Waals surface area contributed by atoms with Crippen LogP contribution in [0.1, 0.15) is 48.0 Å². The number of benzene rings is 1. The summed E-state index contributed by atoms with van der Waals surface area (Å²) in [7, 11) is 0. The van der Waals surface area contributed by atoms with Crippen LogP contribution in [0.15, 0.2) is 12.1 Å². The van der Waals surface area contributed by atoms with Crippen LogP contribution in [0.25, 0.3) is 0 Å². The summed E-state index contributed by atoms with van der Waals surface area (Å²) in [5, 5.41) is 3.60. The molecular formula is C14H19ClN2O. The van der Waals surface area contributed by atoms with Gasteiger partial charge in [0.2, 0.25) is 0 Å². The molecule has 1 fully saturated rings. The van der Waals surface area contributed by atoms with Crippen LogP contribution in [0.4, 0.5) is 5.69 Å². The Balaban J connectivity index is 2.13. The van der Waals surface area contributed by atoms with Crippen molar-refractivity contribution in [2.75, 3.05) is 5.73 Å². The molecule has 0 aliphatic heterocycles. The average Bonchev–Trinajstić information content (AvgIpc) is 2.35. The molecule has 0 heterocycles. The van der Waals surface area contributed by atoms with Crippen LogP contribution in [0, 0.1) is 6.92 Å². The molecule has 1 aromatic carbocycles. The fourth-order valence-corrected chi connectivity index (χ4v) is 2.73. The smallest absolute Gasteiger partial charge is 0.253 e. The lowest BCUT2D eigenvalue weighted by Crippen LogP contribution is -2.36. The van der Waals surface area contributed by atoms with Crippen LogP contribution >= 0.6 is 11.6 Å². The Labute approximate surface area is 113 Å². The third-order valence-corrected chi connectivity index (χ3v) is 3.75. The fraction of sp³-hybridized carbons (Fsp3) is 0.500. The highest BCUT2D eigenvalue weighted by molar-refractivity contribution is 6.31. The second-order valence-corrected chi connectivity index (χ2v) is 5.43. The van der Waals surface area contributed by atoms with Gasteiger partial charge >= 0.3 is 0 Å². The summed E-state index contributed by atoms with van der Waals surface area (Å²) in [6.45, 7) is 1.86. The van der Waals surface area contributed by atoms with Crippen molar-refractivity contribution >= 4 is 23.2 Å². The fourth-order valence-electron chi connectivity index (χ4n) is 2.45. The van der Waals surface area contributed by atoms with Gasteiger partial charge in [0.15, 0.2) is 0 Å². The van der Waals surface area contributed by atoms with Crippen molar-refractivity contribution in [2.45, 2.75) is 45.1 Å². The third kappa shape index (κ3) is 2.96. The summed E-state index contributed by atoms with van der Waals surface area (Å²) >= 11 is 5.97. The summed E-state index contributed by atoms with van der Waals surface area (Å²) in [6.07, 6.45) is 5.77. The topological polar surface area (TPSA) is 55.1 Å². The van der Waals surface area contributed by atoms with Gasteiger partial charge in [0, 0.05) is 16.8 Å². The predicted molar refractivity (Wildman–Crippen MR) is 74.9 cm³/mol. The molecule has 3 nitrogen and oxygen atoms in total. The van der Waals surface area contributed by atoms with Gasteiger partial charge in [-0.2, -0.15) is 0 Å². The van der Waals surface area contributed by atoms with Crippen LogP contribution in [-0.4, -0.2) is 11.9 Å². The van der Waals surface area contributed by atoms with Crippen molar-refractivity contribution in [3.8, 4) is 0 Å². The van der Waals surface area contributed by atoms with E-state index in [0.717, 1.165) is 18.4 Å². The molecule has 18 heavy (non-hydrogen) atoms. The first-order valence-corrected chi connectivity index (χ1v) is 6.82. The Bertz CT molecular complexity index is 453. The highest BCUT2D eigenvalue weighted by Crippen LogP contribution is 2.24. The van der Waals surface area contributed by atoms with Gasteiger partial charge < -0.3 is 11.1 Å². The molecule has 0 atom stereocenters. The molecule has 0 spiro atoms. The van der Waals surface area contributed by atoms with Crippen molar-refractivity contribution in [2.24, 2.45) is 0 Å². The molecule has 0 aromatic heterocycles. The first kappa shape index (κ1) is 13.2. The number of hydrogen-bond donors (Lipinski definition) is 2. The second-order valence-electron chi connectivity index (χ2n) is 4.99. The maximum Gasteiger partial charge on any atom is 0.253 e. The minimum atomic E-state index is -0.106. The minimum absolute atomic E-state index is 0.106. The predicted octanol–water partition coefficient (Wildman–Crippen LogP) is 3.29. The van der Waals surface area contributed by atoms with E-state index in [2.05, 4.69) is 5.32 Å². The van der Waals surface area contributed by atoms with Crippen molar-refractivity contribution in [3.05, 3.63) is 28.3 Å². The number of anilines is 1. The summed E-state index contributed by atoms with van der Waals surface area (Å²) < 4.78 is 0. The molecule has 0 bridgehead atoms. The summed E-state index contributed by atoms with van der Waals surface area (Å²) in [5.41, 5.74) is 7.79. The van der Waals surface area contributed by atoms with Crippen molar-refractivity contribution < 1.29 is 4.79 Å². The Morgan fingerprint density at radius 1 is 1.33 bits per heavy atom. The number of rotatable bonds is 2. The third-order valence-electron chi connectivity index (χ3n) is 3.54. The summed E-state index contributed by atoms with van der Waals surface area (Å²) in [6, 6.07) is 3.70. The standard InChI is InChI=1S/C14H19ClN2O/c1-9-7-10(15)8-12(13(9)16)14(18)17-11-5-3-2-4-6-11/h7-8,11H,2-6,16H2,1H3,(H,17,18). The Morgan fingerprint density at radius 3 is 2.67 bits per heavy atom. The first-order valence-electron chi connectivity index (χ1n) is 6.44. The van der Waals surface area contributed by atoms with Crippen LogP contribution in [0.3, 0.4) is 0 Å². The highest BCUT2D eigenvalue weighted by atomic mass is 35.5. The molecular weight excluding hydrogens is 248 g/mol. The van der Waals surface area contributed by atoms with E-state index in [1.165, 1.54) is 19.3 Å². The number of carbonyl (C=O) groups excluding carboxylic acids is 1. The lowest BCUT2D eigenvalue weighted by Gasteiger charge is -2.23. The molecule has 3 N–H and O–H groups in total. The van der Waals surface area contributed by atoms with E-state index in [9.17, 15) is 4.79 Å². The van der Waals surface area contributed by atoms with E-state index < -0.39 is 0 Å². The average molecular weight is 267 g/mol. The molecule has 98 valence electrons. The number of nitrogens with one attached hydrogen (secondary N) is 1. The maximum absolute atomic E-state index is 12.2. The van der Waals surface area contributed by atoms with E-state index in [4.69, 9.17) is 17.3 Å². The zero-order valence-electron chi connectivity index (χ0n) is 10.6. The van der Waals surface area contributed by atoms with Gasteiger partial charge in [0.1, 0.15) is 0 Å². The molecule has 1 aliphatic rings. The van der Waals surface area contributed by atoms with E-state index >= 15 is 0 Å². The van der Waals surface area contributed by atoms with Crippen LogP contribution in [0.2, 0.25) is 5.02 Å². The van der Waals surface area contributed by atoms with Crippen LogP contribution in [-0.2, 0) is 0 Å². The van der Waals surface area contributed by atoms with E-state index in [1.807, 2.05) is 6.92 Å². The van der Waals surface area contributed by atoms with Crippen molar-refractivity contribution in [1.82, 2.24) is 5.32 Å². The number of aryl methyl sites for hydroxylation is 1. The zero-order chi connectivity index (χ0) is 13.1. The largest absolute Gasteiger partial charge is 0.398 e. The maximum atomic E-state index is 12.2. The molecule has 0 unspecified atom stereocenters. The zero-order valence-corrected chi connectivity index (χ0v) is 11.4. The first-order chi connectivity index (χ1) is 8.58. The number of halogens is 1. The Morgan fingerprint density at radius 2 is 2.00 bits per heavy atom. The van der Waals surface area contributed by atoms with Gasteiger partial charge in [-0.3, -0.25) is 4.79 Å². The van der Waals surface area contributed by atoms with E-state index in [0.29, 0.717) is 16.3 Å². The highest BCUT2D eigenvalue weighted by Gasteiger charge is 2.19. The molecule has 4 heteroatoms. The molecule has 1 aromatic rings. The summed E-state index contributed by atoms with van der Waals surface area (Å²) in [4.78, 5) is 12.2. The number of amides is 1. The van der Waals surface area contributed by atoms with Crippen LogP contribution < -0.4 is 11.1 Å². The van der Waals surface area contributed by atoms with Gasteiger partial charge in [-0.15, -0.1) is 0 Å². The molecule has 0 radical (unpaired) electrons. The molecule has 1 amide bonds. The van der Waals surface area contributed by atoms with Crippen molar-refractivity contribution in [1.29, 1.82) is 0 Å². The lowest BCUT2D eigenvalue weighted by molar-refractivity contribution is 0.0928. The monoisotopic (exact) mass is 266 g/mol. The SMILES string of the molecule is Cc1cc(Cl)cc(C(=O)NC2CCCCC2)c1N. The van der Waals surface area contributed by atoms with Gasteiger partial charge in [-0.1, -0.05) is 30.9 Å². The van der Waals surface area contributed by atoms with Gasteiger partial charge in [-0.05, 0) is 37.5 Å². The number of nitrogens with two attached hydrogens (primary N) is 1. The number of hydrogen-bond acceptors (Lipinski definition) is 2. The quantitative estimate of drug-likeness (QED) is 0.807. The number of nitrogen functional groups attached to an aromatic ring is 1. The number of carbonyl (C=O) groups is 1. The molecule has 0 saturated heterocycles. The van der Waals surface area contributed by atoms with Gasteiger partial charge in [-0.25, -0.2) is 0 Å². The van der Waals surface area contributed by atoms with Gasteiger partial charge in [0.05, 0.1) is 5.56 Å². The Hall–Kier alpha value is -1.22. The summed E-state index contributed by atoms with van der Waals surface area (Å²) in [5.74, 6) is -0.106. The minimum Gasteiger partial charge on any atom is -0.398 e. The second kappa shape index (κ2) is 5.61. The molecule has 1 aliphatic carbocycles. The van der Waals surface area contributed by atoms with Crippen molar-refractivity contribution in [3.63, 3.8) is 0 Å². The van der Waals surface area contributed by atoms with E-state index in [1.54, 1.807) is 12.1 Å². The van der Waals surface area contributed by atoms with E-state index in [-0.39, 0.29) is 11.9 Å². The Kier molecular flexibility index (Phi) is 4.12. The lowest BCUT2D eigenvalue weighted by atomic mass is 9.95. The molecule has 2 rings (SSSR count). The molecule has 1 saturated carbocycles. The van der Waals surface area contributed by atoms with Gasteiger partial charge in [0.25, 0.3) is 5.91 Å². The van der Waals surface area contributed by atoms with Crippen LogP contribution in [0.5, 0.6) is 0 Å². The normalized spacial score (nSPS) is 16.6.